The summed E-state index contributed by atoms with van der Waals surface area (Å²) in [5.41, 5.74) is 0.881. The van der Waals surface area contributed by atoms with E-state index in [1.54, 1.807) is 12.1 Å². The van der Waals surface area contributed by atoms with Crippen LogP contribution in [0.4, 0.5) is 11.6 Å². The predicted octanol–water partition coefficient (Wildman–Crippen LogP) is 3.50. The third-order valence-electron chi connectivity index (χ3n) is 4.78. The quantitative estimate of drug-likeness (QED) is 0.752. The third-order valence-corrected chi connectivity index (χ3v) is 4.78. The van der Waals surface area contributed by atoms with Crippen LogP contribution in [0.15, 0.2) is 24.5 Å². The minimum atomic E-state index is -0.321. The lowest BCUT2D eigenvalue weighted by molar-refractivity contribution is 0.102. The fraction of sp³-hybridized carbons (Fsp3) is 0.450. The normalized spacial score (nSPS) is 14.2. The van der Waals surface area contributed by atoms with Gasteiger partial charge in [0.05, 0.1) is 26.9 Å². The van der Waals surface area contributed by atoms with Gasteiger partial charge < -0.3 is 24.8 Å². The first-order valence-corrected chi connectivity index (χ1v) is 9.34. The Labute approximate surface area is 164 Å². The number of carbonyl (C=O) groups excluding carboxylic acids is 1. The molecule has 0 bridgehead atoms. The van der Waals surface area contributed by atoms with Gasteiger partial charge in [0.1, 0.15) is 0 Å². The highest BCUT2D eigenvalue weighted by Gasteiger charge is 2.17. The van der Waals surface area contributed by atoms with Crippen molar-refractivity contribution in [2.24, 2.45) is 0 Å². The van der Waals surface area contributed by atoms with Crippen LogP contribution < -0.4 is 24.8 Å². The van der Waals surface area contributed by atoms with Crippen LogP contribution in [0, 0.1) is 0 Å². The first kappa shape index (κ1) is 19.7. The molecular formula is C20H26N4O4. The van der Waals surface area contributed by atoms with Crippen LogP contribution in [0.3, 0.4) is 0 Å². The number of nitrogens with zero attached hydrogens (tertiary/aromatic N) is 2. The lowest BCUT2D eigenvalue weighted by atomic mass is 9.96. The molecule has 0 saturated heterocycles. The van der Waals surface area contributed by atoms with Crippen molar-refractivity contribution in [1.82, 2.24) is 9.97 Å². The maximum Gasteiger partial charge on any atom is 0.258 e. The van der Waals surface area contributed by atoms with Crippen LogP contribution in [-0.4, -0.2) is 43.2 Å². The Bertz CT molecular complexity index is 779. The molecule has 28 heavy (non-hydrogen) atoms. The van der Waals surface area contributed by atoms with Gasteiger partial charge in [-0.05, 0) is 12.8 Å². The summed E-state index contributed by atoms with van der Waals surface area (Å²) in [7, 11) is 4.57. The average Bonchev–Trinajstić information content (AvgIpc) is 2.74. The van der Waals surface area contributed by atoms with E-state index in [2.05, 4.69) is 20.6 Å². The first-order valence-electron chi connectivity index (χ1n) is 9.34. The zero-order chi connectivity index (χ0) is 19.9. The maximum absolute atomic E-state index is 12.5. The zero-order valence-corrected chi connectivity index (χ0v) is 16.4. The van der Waals surface area contributed by atoms with E-state index in [0.29, 0.717) is 40.5 Å². The van der Waals surface area contributed by atoms with Crippen LogP contribution in [0.1, 0.15) is 42.5 Å². The highest BCUT2D eigenvalue weighted by molar-refractivity contribution is 6.04. The van der Waals surface area contributed by atoms with Gasteiger partial charge in [-0.1, -0.05) is 19.3 Å². The molecule has 1 amide bonds. The topological polar surface area (TPSA) is 94.6 Å². The largest absolute Gasteiger partial charge is 0.493 e. The summed E-state index contributed by atoms with van der Waals surface area (Å²) in [4.78, 5) is 21.1. The highest BCUT2D eigenvalue weighted by Crippen LogP contribution is 2.40. The van der Waals surface area contributed by atoms with E-state index in [1.165, 1.54) is 53.0 Å². The second-order valence-electron chi connectivity index (χ2n) is 6.64. The van der Waals surface area contributed by atoms with E-state index in [9.17, 15) is 4.79 Å². The Hall–Kier alpha value is -3.03. The molecule has 1 aliphatic carbocycles. The molecule has 8 nitrogen and oxygen atoms in total. The standard InChI is InChI=1S/C20H26N4O4/c1-26-16-9-15(10-17(27-2)18(16)28-3)23-19(25)13-11-21-20(22-12-13)24-14-7-5-4-6-8-14/h9-12,14H,4-8H2,1-3H3,(H,23,25)(H,21,22,24). The molecular weight excluding hydrogens is 360 g/mol. The van der Waals surface area contributed by atoms with E-state index in [4.69, 9.17) is 14.2 Å². The van der Waals surface area contributed by atoms with Gasteiger partial charge in [0.15, 0.2) is 11.5 Å². The molecule has 0 aliphatic heterocycles. The van der Waals surface area contributed by atoms with Gasteiger partial charge in [0.2, 0.25) is 11.7 Å². The van der Waals surface area contributed by atoms with Crippen molar-refractivity contribution >= 4 is 17.5 Å². The van der Waals surface area contributed by atoms with Gasteiger partial charge in [-0.2, -0.15) is 0 Å². The first-order chi connectivity index (χ1) is 13.6. The van der Waals surface area contributed by atoms with Gasteiger partial charge in [-0.15, -0.1) is 0 Å². The number of nitrogens with one attached hydrogen (secondary N) is 2. The van der Waals surface area contributed by atoms with Crippen molar-refractivity contribution in [3.63, 3.8) is 0 Å². The number of rotatable bonds is 7. The number of ether oxygens (including phenoxy) is 3. The van der Waals surface area contributed by atoms with E-state index in [1.807, 2.05) is 0 Å². The summed E-state index contributed by atoms with van der Waals surface area (Å²) >= 11 is 0. The molecule has 1 aromatic carbocycles. The minimum absolute atomic E-state index is 0.321. The molecule has 0 spiro atoms. The number of hydrogen-bond donors (Lipinski definition) is 2. The van der Waals surface area contributed by atoms with Crippen LogP contribution in [0.25, 0.3) is 0 Å². The summed E-state index contributed by atoms with van der Waals surface area (Å²) in [6.07, 6.45) is 9.05. The van der Waals surface area contributed by atoms with Crippen LogP contribution in [0.2, 0.25) is 0 Å². The van der Waals surface area contributed by atoms with E-state index >= 15 is 0 Å². The highest BCUT2D eigenvalue weighted by atomic mass is 16.5. The Morgan fingerprint density at radius 1 is 0.964 bits per heavy atom. The van der Waals surface area contributed by atoms with Gasteiger partial charge in [-0.3, -0.25) is 4.79 Å². The Kier molecular flexibility index (Phi) is 6.52. The molecule has 1 saturated carbocycles. The molecule has 1 fully saturated rings. The summed E-state index contributed by atoms with van der Waals surface area (Å²) in [6.45, 7) is 0. The van der Waals surface area contributed by atoms with E-state index in [-0.39, 0.29) is 5.91 Å². The Morgan fingerprint density at radius 3 is 2.11 bits per heavy atom. The number of aromatic nitrogens is 2. The molecule has 150 valence electrons. The van der Waals surface area contributed by atoms with Crippen molar-refractivity contribution in [2.75, 3.05) is 32.0 Å². The van der Waals surface area contributed by atoms with Gasteiger partial charge >= 0.3 is 0 Å². The van der Waals surface area contributed by atoms with E-state index in [0.717, 1.165) is 12.8 Å². The van der Waals surface area contributed by atoms with Crippen molar-refractivity contribution < 1.29 is 19.0 Å². The SMILES string of the molecule is COc1cc(NC(=O)c2cnc(NC3CCCCC3)nc2)cc(OC)c1OC. The number of benzene rings is 1. The van der Waals surface area contributed by atoms with Gasteiger partial charge in [-0.25, -0.2) is 9.97 Å². The van der Waals surface area contributed by atoms with Crippen LogP contribution in [-0.2, 0) is 0 Å². The molecule has 3 rings (SSSR count). The van der Waals surface area contributed by atoms with Crippen LogP contribution >= 0.6 is 0 Å². The lowest BCUT2D eigenvalue weighted by Crippen LogP contribution is -2.23. The molecule has 0 radical (unpaired) electrons. The summed E-state index contributed by atoms with van der Waals surface area (Å²) < 4.78 is 15.9. The van der Waals surface area contributed by atoms with Crippen LogP contribution in [0.5, 0.6) is 17.2 Å². The summed E-state index contributed by atoms with van der Waals surface area (Å²) in [5, 5.41) is 6.14. The average molecular weight is 386 g/mol. The summed E-state index contributed by atoms with van der Waals surface area (Å²) in [5.74, 6) is 1.61. The molecule has 1 aromatic heterocycles. The van der Waals surface area contributed by atoms with Crippen molar-refractivity contribution in [1.29, 1.82) is 0 Å². The molecule has 8 heteroatoms. The molecule has 0 unspecified atom stereocenters. The van der Waals surface area contributed by atoms with E-state index < -0.39 is 0 Å². The number of carbonyl (C=O) groups is 1. The number of amides is 1. The number of methoxy groups -OCH3 is 3. The number of hydrogen-bond acceptors (Lipinski definition) is 7. The lowest BCUT2D eigenvalue weighted by Gasteiger charge is -2.22. The smallest absolute Gasteiger partial charge is 0.258 e. The molecule has 0 atom stereocenters. The van der Waals surface area contributed by atoms with Gasteiger partial charge in [0, 0.05) is 36.3 Å². The van der Waals surface area contributed by atoms with Crippen molar-refractivity contribution in [2.45, 2.75) is 38.1 Å². The Balaban J connectivity index is 1.69. The molecule has 1 heterocycles. The van der Waals surface area contributed by atoms with Gasteiger partial charge in [0.25, 0.3) is 5.91 Å². The zero-order valence-electron chi connectivity index (χ0n) is 16.4. The predicted molar refractivity (Wildman–Crippen MR) is 107 cm³/mol. The monoisotopic (exact) mass is 386 g/mol. The second-order valence-corrected chi connectivity index (χ2v) is 6.64. The Morgan fingerprint density at radius 2 is 1.57 bits per heavy atom. The fourth-order valence-corrected chi connectivity index (χ4v) is 3.31. The maximum atomic E-state index is 12.5. The number of anilines is 2. The molecule has 1 aliphatic rings. The molecule has 2 aromatic rings. The van der Waals surface area contributed by atoms with Crippen molar-refractivity contribution in [3.05, 3.63) is 30.1 Å². The third kappa shape index (κ3) is 4.62. The minimum Gasteiger partial charge on any atom is -0.493 e. The fourth-order valence-electron chi connectivity index (χ4n) is 3.31. The second kappa shape index (κ2) is 9.25. The van der Waals surface area contributed by atoms with Crippen molar-refractivity contribution in [3.8, 4) is 17.2 Å². The molecule has 2 N–H and O–H groups in total. The summed E-state index contributed by atoms with van der Waals surface area (Å²) in [6, 6.07) is 3.74.